The topological polar surface area (TPSA) is 61.8 Å². The summed E-state index contributed by atoms with van der Waals surface area (Å²) < 4.78 is 15.8. The third-order valence-electron chi connectivity index (χ3n) is 4.17. The van der Waals surface area contributed by atoms with Crippen LogP contribution in [0.4, 0.5) is 0 Å². The minimum absolute atomic E-state index is 0.353. The second kappa shape index (κ2) is 9.41. The third kappa shape index (κ3) is 5.47. The molecule has 0 aliphatic heterocycles. The lowest BCUT2D eigenvalue weighted by atomic mass is 10.1. The highest BCUT2D eigenvalue weighted by atomic mass is 35.5. The summed E-state index contributed by atoms with van der Waals surface area (Å²) >= 11 is 12.3. The van der Waals surface area contributed by atoms with Gasteiger partial charge in [0.25, 0.3) is 0 Å². The van der Waals surface area contributed by atoms with Crippen molar-refractivity contribution in [1.29, 1.82) is 0 Å². The Morgan fingerprint density at radius 1 is 0.929 bits per heavy atom. The van der Waals surface area contributed by atoms with Crippen molar-refractivity contribution in [3.05, 3.63) is 56.6 Å². The Kier molecular flexibility index (Phi) is 7.47. The summed E-state index contributed by atoms with van der Waals surface area (Å²) in [4.78, 5) is 24.2. The lowest BCUT2D eigenvalue weighted by Gasteiger charge is -2.14. The monoisotopic (exact) mass is 424 g/mol. The zero-order valence-corrected chi connectivity index (χ0v) is 17.9. The molecule has 150 valence electrons. The molecule has 0 spiro atoms. The molecule has 0 aliphatic rings. The smallest absolute Gasteiger partial charge is 0.340 e. The highest BCUT2D eigenvalue weighted by molar-refractivity contribution is 6.32. The molecule has 0 N–H and O–H groups in total. The van der Waals surface area contributed by atoms with Crippen LogP contribution in [0.5, 0.6) is 11.5 Å². The van der Waals surface area contributed by atoms with Crippen LogP contribution < -0.4 is 9.47 Å². The first-order valence-corrected chi connectivity index (χ1v) is 9.42. The van der Waals surface area contributed by atoms with E-state index in [1.54, 1.807) is 31.2 Å². The largest absolute Gasteiger partial charge is 0.425 e. The van der Waals surface area contributed by atoms with E-state index in [1.807, 2.05) is 20.8 Å². The van der Waals surface area contributed by atoms with E-state index in [0.29, 0.717) is 27.1 Å². The highest BCUT2D eigenvalue weighted by Crippen LogP contribution is 2.29. The molecular formula is C21H22Cl2O5. The number of ether oxygens (including phenoxy) is 3. The number of rotatable bonds is 6. The Balaban J connectivity index is 1.91. The van der Waals surface area contributed by atoms with Crippen LogP contribution in [0.25, 0.3) is 0 Å². The maximum Gasteiger partial charge on any atom is 0.340 e. The molecule has 2 aromatic rings. The average Bonchev–Trinajstić information content (AvgIpc) is 2.64. The minimum Gasteiger partial charge on any atom is -0.425 e. The molecule has 0 radical (unpaired) electrons. The molecule has 5 nitrogen and oxygen atoms in total. The van der Waals surface area contributed by atoms with Crippen molar-refractivity contribution in [2.24, 2.45) is 0 Å². The van der Waals surface area contributed by atoms with Gasteiger partial charge >= 0.3 is 11.9 Å². The van der Waals surface area contributed by atoms with Gasteiger partial charge < -0.3 is 14.2 Å². The predicted molar refractivity (Wildman–Crippen MR) is 109 cm³/mol. The summed E-state index contributed by atoms with van der Waals surface area (Å²) in [5.41, 5.74) is 3.15. The molecule has 2 rings (SSSR count). The summed E-state index contributed by atoms with van der Waals surface area (Å²) in [6, 6.07) is 6.75. The highest BCUT2D eigenvalue weighted by Gasteiger charge is 2.19. The molecule has 0 unspecified atom stereocenters. The molecule has 0 fully saturated rings. The Morgan fingerprint density at radius 2 is 1.54 bits per heavy atom. The summed E-state index contributed by atoms with van der Waals surface area (Å²) in [6.07, 6.45) is -0.952. The van der Waals surface area contributed by atoms with Crippen LogP contribution in [-0.4, -0.2) is 24.6 Å². The van der Waals surface area contributed by atoms with Crippen LogP contribution >= 0.6 is 23.2 Å². The Hall–Kier alpha value is -2.08. The SMILES string of the molecule is Cc1cc(OC(=O)[C@@H](C)OCC(=O)Oc2ccc(C)c(Cl)c2C)cc(C)c1Cl. The number of halogens is 2. The fourth-order valence-corrected chi connectivity index (χ4v) is 2.76. The molecule has 0 amide bonds. The molecule has 0 aromatic heterocycles. The first kappa shape index (κ1) is 22.2. The molecule has 0 aliphatic carbocycles. The summed E-state index contributed by atoms with van der Waals surface area (Å²) in [6.45, 7) is 8.36. The summed E-state index contributed by atoms with van der Waals surface area (Å²) in [5.74, 6) is -0.539. The van der Waals surface area contributed by atoms with Crippen molar-refractivity contribution in [1.82, 2.24) is 0 Å². The van der Waals surface area contributed by atoms with Gasteiger partial charge in [-0.2, -0.15) is 0 Å². The van der Waals surface area contributed by atoms with Crippen LogP contribution in [0.15, 0.2) is 24.3 Å². The number of aryl methyl sites for hydroxylation is 3. The molecule has 0 saturated heterocycles. The van der Waals surface area contributed by atoms with Crippen LogP contribution in [-0.2, 0) is 14.3 Å². The molecule has 7 heteroatoms. The number of benzene rings is 2. The van der Waals surface area contributed by atoms with Gasteiger partial charge in [0.2, 0.25) is 0 Å². The van der Waals surface area contributed by atoms with Gasteiger partial charge in [0.1, 0.15) is 18.1 Å². The maximum absolute atomic E-state index is 12.2. The van der Waals surface area contributed by atoms with Crippen LogP contribution in [0.1, 0.15) is 29.2 Å². The quantitative estimate of drug-likeness (QED) is 0.474. The second-order valence-electron chi connectivity index (χ2n) is 6.54. The van der Waals surface area contributed by atoms with E-state index in [0.717, 1.165) is 16.7 Å². The number of carbonyl (C=O) groups is 2. The zero-order valence-electron chi connectivity index (χ0n) is 16.4. The lowest BCUT2D eigenvalue weighted by Crippen LogP contribution is -2.29. The van der Waals surface area contributed by atoms with Gasteiger partial charge in [0, 0.05) is 10.6 Å². The third-order valence-corrected chi connectivity index (χ3v) is 5.34. The predicted octanol–water partition coefficient (Wildman–Crippen LogP) is 5.14. The van der Waals surface area contributed by atoms with E-state index in [2.05, 4.69) is 0 Å². The Morgan fingerprint density at radius 3 is 2.14 bits per heavy atom. The van der Waals surface area contributed by atoms with Crippen molar-refractivity contribution in [2.75, 3.05) is 6.61 Å². The minimum atomic E-state index is -0.952. The number of hydrogen-bond acceptors (Lipinski definition) is 5. The van der Waals surface area contributed by atoms with Crippen molar-refractivity contribution in [3.63, 3.8) is 0 Å². The first-order chi connectivity index (χ1) is 13.1. The normalized spacial score (nSPS) is 11.8. The van der Waals surface area contributed by atoms with Gasteiger partial charge in [-0.1, -0.05) is 29.3 Å². The van der Waals surface area contributed by atoms with E-state index in [9.17, 15) is 9.59 Å². The molecule has 28 heavy (non-hydrogen) atoms. The summed E-state index contributed by atoms with van der Waals surface area (Å²) in [5, 5.41) is 1.16. The average molecular weight is 425 g/mol. The van der Waals surface area contributed by atoms with E-state index >= 15 is 0 Å². The van der Waals surface area contributed by atoms with Gasteiger partial charge in [-0.25, -0.2) is 9.59 Å². The molecule has 0 bridgehead atoms. The van der Waals surface area contributed by atoms with Crippen molar-refractivity contribution < 1.29 is 23.8 Å². The molecule has 0 saturated carbocycles. The molecule has 1 atom stereocenters. The fourth-order valence-electron chi connectivity index (χ4n) is 2.49. The van der Waals surface area contributed by atoms with Crippen LogP contribution in [0.2, 0.25) is 10.0 Å². The van der Waals surface area contributed by atoms with Crippen LogP contribution in [0.3, 0.4) is 0 Å². The molecule has 0 heterocycles. The fraction of sp³-hybridized carbons (Fsp3) is 0.333. The maximum atomic E-state index is 12.2. The first-order valence-electron chi connectivity index (χ1n) is 8.66. The molecular weight excluding hydrogens is 403 g/mol. The number of esters is 2. The van der Waals surface area contributed by atoms with E-state index in [1.165, 1.54) is 6.92 Å². The van der Waals surface area contributed by atoms with Crippen LogP contribution in [0, 0.1) is 27.7 Å². The van der Waals surface area contributed by atoms with Gasteiger partial charge in [-0.3, -0.25) is 0 Å². The van der Waals surface area contributed by atoms with Crippen molar-refractivity contribution in [2.45, 2.75) is 40.7 Å². The summed E-state index contributed by atoms with van der Waals surface area (Å²) in [7, 11) is 0. The Bertz CT molecular complexity index is 885. The zero-order chi connectivity index (χ0) is 21.0. The van der Waals surface area contributed by atoms with Gasteiger partial charge in [0.15, 0.2) is 6.10 Å². The van der Waals surface area contributed by atoms with E-state index in [-0.39, 0.29) is 0 Å². The number of hydrogen-bond donors (Lipinski definition) is 0. The number of carbonyl (C=O) groups excluding carboxylic acids is 2. The van der Waals surface area contributed by atoms with Crippen molar-refractivity contribution in [3.8, 4) is 11.5 Å². The van der Waals surface area contributed by atoms with Gasteiger partial charge in [-0.05, 0) is 69.5 Å². The van der Waals surface area contributed by atoms with Gasteiger partial charge in [0.05, 0.1) is 5.02 Å². The molecule has 2 aromatic carbocycles. The standard InChI is InChI=1S/C21H22Cl2O5/c1-11-6-7-17(14(4)20(11)23)28-18(24)10-26-15(5)21(25)27-16-8-12(2)19(22)13(3)9-16/h6-9,15H,10H2,1-5H3/t15-/m1/s1. The van der Waals surface area contributed by atoms with E-state index in [4.69, 9.17) is 37.4 Å². The van der Waals surface area contributed by atoms with E-state index < -0.39 is 24.6 Å². The van der Waals surface area contributed by atoms with Crippen molar-refractivity contribution >= 4 is 35.1 Å². The van der Waals surface area contributed by atoms with Gasteiger partial charge in [-0.15, -0.1) is 0 Å². The Labute approximate surface area is 174 Å². The lowest BCUT2D eigenvalue weighted by molar-refractivity contribution is -0.152. The second-order valence-corrected chi connectivity index (χ2v) is 7.29.